The van der Waals surface area contributed by atoms with Gasteiger partial charge in [0.25, 0.3) is 5.91 Å². The quantitative estimate of drug-likeness (QED) is 0.410. The van der Waals surface area contributed by atoms with Gasteiger partial charge in [0, 0.05) is 25.9 Å². The zero-order valence-electron chi connectivity index (χ0n) is 23.1. The molecule has 0 saturated heterocycles. The van der Waals surface area contributed by atoms with E-state index in [0.717, 1.165) is 25.7 Å². The molecule has 1 aromatic carbocycles. The lowest BCUT2D eigenvalue weighted by Crippen LogP contribution is -2.33. The Kier molecular flexibility index (Phi) is 10.8. The number of carboxylic acid groups (broad SMARTS) is 1. The molecule has 1 aromatic heterocycles. The summed E-state index contributed by atoms with van der Waals surface area (Å²) in [7, 11) is 3.06. The summed E-state index contributed by atoms with van der Waals surface area (Å²) in [6.45, 7) is 1.91. The number of carboxylic acids is 1. The summed E-state index contributed by atoms with van der Waals surface area (Å²) in [5.74, 6) is -2.52. The van der Waals surface area contributed by atoms with E-state index >= 15 is 0 Å². The van der Waals surface area contributed by atoms with Gasteiger partial charge in [-0.15, -0.1) is 0 Å². The number of amides is 2. The number of rotatable bonds is 7. The smallest absolute Gasteiger partial charge is 0.490 e. The number of carbonyl (C=O) groups excluding carboxylic acids is 2. The summed E-state index contributed by atoms with van der Waals surface area (Å²) in [5.41, 5.74) is 2.17. The second-order valence-electron chi connectivity index (χ2n) is 9.75. The molecule has 1 saturated carbocycles. The fourth-order valence-electron chi connectivity index (χ4n) is 4.68. The largest absolute Gasteiger partial charge is 0.494 e. The number of methoxy groups -OCH3 is 1. The molecule has 1 atom stereocenters. The monoisotopic (exact) mass is 597 g/mol. The molecule has 3 N–H and O–H groups in total. The van der Waals surface area contributed by atoms with Crippen molar-refractivity contribution >= 4 is 23.5 Å². The fraction of sp³-hybridized carbons (Fsp3) is 0.481. The van der Waals surface area contributed by atoms with Gasteiger partial charge < -0.3 is 25.3 Å². The Morgan fingerprint density at radius 1 is 1.12 bits per heavy atom. The van der Waals surface area contributed by atoms with Gasteiger partial charge in [-0.2, -0.15) is 13.2 Å². The summed E-state index contributed by atoms with van der Waals surface area (Å²) in [6, 6.07) is 6.04. The molecule has 1 aliphatic carbocycles. The van der Waals surface area contributed by atoms with Gasteiger partial charge in [-0.05, 0) is 62.3 Å². The van der Waals surface area contributed by atoms with Gasteiger partial charge >= 0.3 is 12.1 Å². The van der Waals surface area contributed by atoms with Gasteiger partial charge in [-0.1, -0.05) is 11.2 Å². The van der Waals surface area contributed by atoms with Gasteiger partial charge in [0.2, 0.25) is 5.91 Å². The Morgan fingerprint density at radius 2 is 1.79 bits per heavy atom. The first-order valence-electron chi connectivity index (χ1n) is 13.0. The lowest BCUT2D eigenvalue weighted by atomic mass is 9.78. The number of oxime groups is 1. The summed E-state index contributed by atoms with van der Waals surface area (Å²) in [5, 5.41) is 16.9. The molecule has 1 unspecified atom stereocenters. The molecule has 11 nitrogen and oxygen atoms in total. The number of nitrogens with zero attached hydrogens (tertiary/aromatic N) is 3. The molecule has 42 heavy (non-hydrogen) atoms. The van der Waals surface area contributed by atoms with Crippen molar-refractivity contribution in [2.75, 3.05) is 14.2 Å². The van der Waals surface area contributed by atoms with Crippen molar-refractivity contribution in [1.82, 2.24) is 20.6 Å². The molecule has 228 valence electrons. The summed E-state index contributed by atoms with van der Waals surface area (Å²) >= 11 is 0. The van der Waals surface area contributed by atoms with E-state index in [1.807, 2.05) is 0 Å². The van der Waals surface area contributed by atoms with Gasteiger partial charge in [-0.3, -0.25) is 9.59 Å². The number of hydrogen-bond donors (Lipinski definition) is 3. The van der Waals surface area contributed by atoms with E-state index in [-0.39, 0.29) is 41.8 Å². The molecule has 0 radical (unpaired) electrons. The first-order valence-corrected chi connectivity index (χ1v) is 13.0. The van der Waals surface area contributed by atoms with E-state index in [2.05, 4.69) is 25.8 Å². The summed E-state index contributed by atoms with van der Waals surface area (Å²) < 4.78 is 50.3. The van der Waals surface area contributed by atoms with Crippen LogP contribution in [0.1, 0.15) is 59.7 Å². The van der Waals surface area contributed by atoms with Crippen LogP contribution >= 0.6 is 0 Å². The molecule has 4 rings (SSSR count). The Bertz CT molecular complexity index is 1330. The minimum absolute atomic E-state index is 0.0587. The molecule has 0 spiro atoms. The van der Waals surface area contributed by atoms with E-state index in [4.69, 9.17) is 19.5 Å². The fourth-order valence-corrected chi connectivity index (χ4v) is 4.68. The molecule has 2 aromatic rings. The molecule has 2 aliphatic rings. The van der Waals surface area contributed by atoms with E-state index < -0.39 is 18.0 Å². The van der Waals surface area contributed by atoms with Crippen molar-refractivity contribution in [2.24, 2.45) is 17.0 Å². The second kappa shape index (κ2) is 14.0. The van der Waals surface area contributed by atoms with Crippen LogP contribution in [-0.2, 0) is 21.0 Å². The third-order valence-corrected chi connectivity index (χ3v) is 6.88. The first-order chi connectivity index (χ1) is 19.8. The Labute approximate surface area is 238 Å². The van der Waals surface area contributed by atoms with Crippen LogP contribution < -0.4 is 15.4 Å². The number of ether oxygens (including phenoxy) is 1. The van der Waals surface area contributed by atoms with Crippen LogP contribution in [0.5, 0.6) is 5.75 Å². The summed E-state index contributed by atoms with van der Waals surface area (Å²) in [6.07, 6.45) is -1.03. The lowest BCUT2D eigenvalue weighted by molar-refractivity contribution is -0.192. The maximum Gasteiger partial charge on any atom is 0.490 e. The Balaban J connectivity index is 0.000000616. The van der Waals surface area contributed by atoms with E-state index in [0.29, 0.717) is 35.1 Å². The van der Waals surface area contributed by atoms with Crippen LogP contribution in [0.15, 0.2) is 29.4 Å². The molecule has 0 bridgehead atoms. The number of nitrogens with one attached hydrogen (secondary N) is 2. The molecule has 1 fully saturated rings. The van der Waals surface area contributed by atoms with Gasteiger partial charge in [0.1, 0.15) is 23.3 Å². The summed E-state index contributed by atoms with van der Waals surface area (Å²) in [4.78, 5) is 48.0. The minimum Gasteiger partial charge on any atom is -0.494 e. The van der Waals surface area contributed by atoms with Crippen molar-refractivity contribution < 1.29 is 46.6 Å². The molecule has 15 heteroatoms. The SMILES string of the molecule is CNC(=O)C1CCC(C2CC(c3cc(C(=O)NCc4ccc(F)c(OC)c4)nc(C)n3)=NO2)CC1.O=C(O)C(F)(F)F. The van der Waals surface area contributed by atoms with Crippen molar-refractivity contribution in [1.29, 1.82) is 0 Å². The highest BCUT2D eigenvalue weighted by Crippen LogP contribution is 2.35. The third kappa shape index (κ3) is 8.60. The lowest BCUT2D eigenvalue weighted by Gasteiger charge is -2.29. The van der Waals surface area contributed by atoms with E-state index in [1.165, 1.54) is 13.2 Å². The standard InChI is InChI=1S/C25H30FN5O4.C2HF3O2/c1-14-29-19(20-12-22(35-31-20)16-5-7-17(8-6-16)24(32)27-2)11-21(30-14)25(33)28-13-15-4-9-18(26)23(10-15)34-3;3-2(4,5)1(6)7/h4,9-11,16-17,22H,5-8,12-13H2,1-3H3,(H,27,32)(H,28,33);(H,6,7). The predicted octanol–water partition coefficient (Wildman–Crippen LogP) is 3.54. The van der Waals surface area contributed by atoms with Crippen LogP contribution in [0, 0.1) is 24.6 Å². The van der Waals surface area contributed by atoms with Crippen LogP contribution in [-0.4, -0.2) is 65.0 Å². The zero-order valence-corrected chi connectivity index (χ0v) is 23.1. The molecule has 2 heterocycles. The number of hydrogen-bond acceptors (Lipinski definition) is 8. The Hall–Kier alpha value is -4.30. The highest BCUT2D eigenvalue weighted by Gasteiger charge is 2.38. The molecule has 2 amide bonds. The number of aliphatic carboxylic acids is 1. The van der Waals surface area contributed by atoms with E-state index in [9.17, 15) is 27.2 Å². The average Bonchev–Trinajstić information content (AvgIpc) is 3.46. The van der Waals surface area contributed by atoms with Crippen molar-refractivity contribution in [2.45, 2.75) is 57.9 Å². The van der Waals surface area contributed by atoms with Crippen LogP contribution in [0.3, 0.4) is 0 Å². The van der Waals surface area contributed by atoms with Crippen molar-refractivity contribution in [3.8, 4) is 5.75 Å². The van der Waals surface area contributed by atoms with Crippen LogP contribution in [0.25, 0.3) is 0 Å². The number of aromatic nitrogens is 2. The zero-order chi connectivity index (χ0) is 31.0. The third-order valence-electron chi connectivity index (χ3n) is 6.88. The Morgan fingerprint density at radius 3 is 2.38 bits per heavy atom. The maximum absolute atomic E-state index is 13.6. The first kappa shape index (κ1) is 32.2. The highest BCUT2D eigenvalue weighted by atomic mass is 19.4. The van der Waals surface area contributed by atoms with Crippen molar-refractivity contribution in [3.63, 3.8) is 0 Å². The number of aryl methyl sites for hydroxylation is 1. The number of benzene rings is 1. The average molecular weight is 598 g/mol. The topological polar surface area (TPSA) is 152 Å². The number of carbonyl (C=O) groups is 3. The highest BCUT2D eigenvalue weighted by molar-refractivity contribution is 6.02. The van der Waals surface area contributed by atoms with Crippen LogP contribution in [0.4, 0.5) is 17.6 Å². The normalized spacial score (nSPS) is 19.9. The molecular weight excluding hydrogens is 566 g/mol. The maximum atomic E-state index is 13.6. The molecule has 1 aliphatic heterocycles. The van der Waals surface area contributed by atoms with Crippen LogP contribution in [0.2, 0.25) is 0 Å². The van der Waals surface area contributed by atoms with Gasteiger partial charge in [0.15, 0.2) is 11.6 Å². The van der Waals surface area contributed by atoms with Gasteiger partial charge in [0.05, 0.1) is 12.8 Å². The number of halogens is 4. The second-order valence-corrected chi connectivity index (χ2v) is 9.75. The van der Waals surface area contributed by atoms with Gasteiger partial charge in [-0.25, -0.2) is 19.2 Å². The van der Waals surface area contributed by atoms with E-state index in [1.54, 1.807) is 32.2 Å². The van der Waals surface area contributed by atoms with Crippen molar-refractivity contribution in [3.05, 3.63) is 52.9 Å². The predicted molar refractivity (Wildman–Crippen MR) is 140 cm³/mol. The minimum atomic E-state index is -5.08. The molecular formula is C27H31F4N5O6. The number of alkyl halides is 3.